The molecule has 0 saturated heterocycles. The molecule has 0 aliphatic rings. The van der Waals surface area contributed by atoms with E-state index < -0.39 is 5.82 Å². The van der Waals surface area contributed by atoms with Crippen LogP contribution in [0, 0.1) is 5.82 Å². The van der Waals surface area contributed by atoms with Crippen LogP contribution in [0.2, 0.25) is 0 Å². The summed E-state index contributed by atoms with van der Waals surface area (Å²) in [7, 11) is 0. The topological polar surface area (TPSA) is 70.2 Å². The number of halogens is 1. The highest BCUT2D eigenvalue weighted by molar-refractivity contribution is 5.94. The van der Waals surface area contributed by atoms with Gasteiger partial charge in [-0.05, 0) is 41.3 Å². The average Bonchev–Trinajstić information content (AvgIpc) is 2.54. The number of hydrogen-bond donors (Lipinski definition) is 3. The maximum absolute atomic E-state index is 13.8. The summed E-state index contributed by atoms with van der Waals surface area (Å²) in [5.41, 5.74) is 2.50. The number of nitrogens with one attached hydrogen (secondary N) is 3. The number of hydrogen-bond acceptors (Lipinski definition) is 3. The fourth-order valence-corrected chi connectivity index (χ4v) is 2.38. The van der Waals surface area contributed by atoms with Crippen LogP contribution in [0.3, 0.4) is 0 Å². The van der Waals surface area contributed by atoms with Crippen molar-refractivity contribution >= 4 is 28.9 Å². The summed E-state index contributed by atoms with van der Waals surface area (Å²) in [6, 6.07) is 11.8. The van der Waals surface area contributed by atoms with Gasteiger partial charge in [-0.1, -0.05) is 32.9 Å². The highest BCUT2D eigenvalue weighted by Gasteiger charge is 2.13. The Hall–Kier alpha value is -2.89. The van der Waals surface area contributed by atoms with Crippen molar-refractivity contribution in [2.45, 2.75) is 33.1 Å². The van der Waals surface area contributed by atoms with Crippen molar-refractivity contribution in [2.24, 2.45) is 0 Å². The molecule has 138 valence electrons. The first-order valence-corrected chi connectivity index (χ1v) is 8.36. The fourth-order valence-electron chi connectivity index (χ4n) is 2.38. The number of amides is 2. The minimum atomic E-state index is -0.499. The third kappa shape index (κ3) is 5.58. The summed E-state index contributed by atoms with van der Waals surface area (Å²) in [5, 5.41) is 8.08. The van der Waals surface area contributed by atoms with Crippen LogP contribution in [0.15, 0.2) is 42.5 Å². The third-order valence-corrected chi connectivity index (χ3v) is 3.76. The van der Waals surface area contributed by atoms with Gasteiger partial charge in [0.15, 0.2) is 0 Å². The molecular formula is C20H24FN3O2. The van der Waals surface area contributed by atoms with Crippen LogP contribution in [0.5, 0.6) is 0 Å². The zero-order valence-electron chi connectivity index (χ0n) is 15.4. The maximum atomic E-state index is 13.8. The van der Waals surface area contributed by atoms with Gasteiger partial charge in [0, 0.05) is 18.3 Å². The SMILES string of the molecule is CC(=O)Nc1ccc(F)c(NCC(=O)Nc2ccc(C(C)(C)C)cc2)c1. The van der Waals surface area contributed by atoms with Gasteiger partial charge in [-0.2, -0.15) is 0 Å². The number of anilines is 3. The summed E-state index contributed by atoms with van der Waals surface area (Å²) in [5.74, 6) is -1.04. The summed E-state index contributed by atoms with van der Waals surface area (Å²) >= 11 is 0. The van der Waals surface area contributed by atoms with Crippen molar-refractivity contribution in [2.75, 3.05) is 22.5 Å². The second-order valence-corrected chi connectivity index (χ2v) is 7.10. The molecule has 2 aromatic rings. The molecule has 0 radical (unpaired) electrons. The largest absolute Gasteiger partial charge is 0.374 e. The predicted octanol–water partition coefficient (Wildman–Crippen LogP) is 4.13. The van der Waals surface area contributed by atoms with Crippen molar-refractivity contribution in [1.29, 1.82) is 0 Å². The van der Waals surface area contributed by atoms with E-state index in [4.69, 9.17) is 0 Å². The van der Waals surface area contributed by atoms with Crippen molar-refractivity contribution in [3.63, 3.8) is 0 Å². The Morgan fingerprint density at radius 2 is 1.58 bits per heavy atom. The molecule has 0 fully saturated rings. The Labute approximate surface area is 153 Å². The first-order valence-electron chi connectivity index (χ1n) is 8.36. The van der Waals surface area contributed by atoms with Crippen LogP contribution in [0.4, 0.5) is 21.5 Å². The molecule has 0 saturated carbocycles. The molecule has 0 atom stereocenters. The van der Waals surface area contributed by atoms with Crippen molar-refractivity contribution in [3.8, 4) is 0 Å². The molecule has 2 rings (SSSR count). The molecule has 2 aromatic carbocycles. The lowest BCUT2D eigenvalue weighted by molar-refractivity contribution is -0.115. The number of carbonyl (C=O) groups is 2. The summed E-state index contributed by atoms with van der Waals surface area (Å²) in [4.78, 5) is 23.2. The van der Waals surface area contributed by atoms with Crippen molar-refractivity contribution in [3.05, 3.63) is 53.8 Å². The molecule has 0 aliphatic carbocycles. The van der Waals surface area contributed by atoms with Gasteiger partial charge in [-0.3, -0.25) is 9.59 Å². The van der Waals surface area contributed by atoms with Gasteiger partial charge >= 0.3 is 0 Å². The zero-order valence-corrected chi connectivity index (χ0v) is 15.4. The molecule has 0 unspecified atom stereocenters. The Bertz CT molecular complexity index is 796. The minimum Gasteiger partial charge on any atom is -0.374 e. The molecule has 26 heavy (non-hydrogen) atoms. The van der Waals surface area contributed by atoms with Gasteiger partial charge in [-0.15, -0.1) is 0 Å². The monoisotopic (exact) mass is 357 g/mol. The summed E-state index contributed by atoms with van der Waals surface area (Å²) < 4.78 is 13.8. The molecule has 3 N–H and O–H groups in total. The van der Waals surface area contributed by atoms with Gasteiger partial charge < -0.3 is 16.0 Å². The molecule has 0 heterocycles. The van der Waals surface area contributed by atoms with Crippen LogP contribution >= 0.6 is 0 Å². The second-order valence-electron chi connectivity index (χ2n) is 7.10. The second kappa shape index (κ2) is 7.99. The molecule has 2 amide bonds. The Kier molecular flexibility index (Phi) is 5.97. The van der Waals surface area contributed by atoms with Crippen LogP contribution in [-0.2, 0) is 15.0 Å². The quantitative estimate of drug-likeness (QED) is 0.753. The summed E-state index contributed by atoms with van der Waals surface area (Å²) in [6.45, 7) is 7.63. The van der Waals surface area contributed by atoms with Crippen LogP contribution in [0.1, 0.15) is 33.3 Å². The van der Waals surface area contributed by atoms with E-state index in [0.29, 0.717) is 11.4 Å². The normalized spacial score (nSPS) is 11.0. The molecule has 0 aliphatic heterocycles. The van der Waals surface area contributed by atoms with E-state index >= 15 is 0 Å². The zero-order chi connectivity index (χ0) is 19.3. The number of rotatable bonds is 5. The third-order valence-electron chi connectivity index (χ3n) is 3.76. The smallest absolute Gasteiger partial charge is 0.243 e. The standard InChI is InChI=1S/C20H24FN3O2/c1-13(25)23-16-9-10-17(21)18(11-16)22-12-19(26)24-15-7-5-14(6-8-15)20(2,3)4/h5-11,22H,12H2,1-4H3,(H,23,25)(H,24,26). The summed E-state index contributed by atoms with van der Waals surface area (Å²) in [6.07, 6.45) is 0. The lowest BCUT2D eigenvalue weighted by Gasteiger charge is -2.19. The van der Waals surface area contributed by atoms with E-state index in [2.05, 4.69) is 36.7 Å². The van der Waals surface area contributed by atoms with Gasteiger partial charge in [0.1, 0.15) is 5.82 Å². The minimum absolute atomic E-state index is 0.0422. The molecule has 0 spiro atoms. The van der Waals surface area contributed by atoms with E-state index in [1.807, 2.05) is 24.3 Å². The Morgan fingerprint density at radius 1 is 0.962 bits per heavy atom. The highest BCUT2D eigenvalue weighted by atomic mass is 19.1. The molecule has 0 aromatic heterocycles. The Balaban J connectivity index is 1.95. The first kappa shape index (κ1) is 19.4. The Morgan fingerprint density at radius 3 is 2.15 bits per heavy atom. The molecular weight excluding hydrogens is 333 g/mol. The number of carbonyl (C=O) groups excluding carboxylic acids is 2. The van der Waals surface area contributed by atoms with E-state index in [9.17, 15) is 14.0 Å². The lowest BCUT2D eigenvalue weighted by atomic mass is 9.87. The van der Waals surface area contributed by atoms with E-state index in [-0.39, 0.29) is 29.5 Å². The van der Waals surface area contributed by atoms with Gasteiger partial charge in [0.25, 0.3) is 0 Å². The fraction of sp³-hybridized carbons (Fsp3) is 0.300. The lowest BCUT2D eigenvalue weighted by Crippen LogP contribution is -2.22. The van der Waals surface area contributed by atoms with Crippen LogP contribution in [-0.4, -0.2) is 18.4 Å². The molecule has 5 nitrogen and oxygen atoms in total. The van der Waals surface area contributed by atoms with Crippen molar-refractivity contribution in [1.82, 2.24) is 0 Å². The highest BCUT2D eigenvalue weighted by Crippen LogP contribution is 2.23. The van der Waals surface area contributed by atoms with Crippen LogP contribution < -0.4 is 16.0 Å². The van der Waals surface area contributed by atoms with E-state index in [1.54, 1.807) is 0 Å². The molecule has 6 heteroatoms. The van der Waals surface area contributed by atoms with Crippen LogP contribution in [0.25, 0.3) is 0 Å². The van der Waals surface area contributed by atoms with Gasteiger partial charge in [-0.25, -0.2) is 4.39 Å². The molecule has 0 bridgehead atoms. The van der Waals surface area contributed by atoms with E-state index in [1.165, 1.54) is 30.7 Å². The first-order chi connectivity index (χ1) is 12.1. The maximum Gasteiger partial charge on any atom is 0.243 e. The number of benzene rings is 2. The average molecular weight is 357 g/mol. The van der Waals surface area contributed by atoms with Gasteiger partial charge in [0.2, 0.25) is 11.8 Å². The van der Waals surface area contributed by atoms with E-state index in [0.717, 1.165) is 0 Å². The predicted molar refractivity (Wildman–Crippen MR) is 103 cm³/mol. The van der Waals surface area contributed by atoms with Crippen molar-refractivity contribution < 1.29 is 14.0 Å². The van der Waals surface area contributed by atoms with Gasteiger partial charge in [0.05, 0.1) is 12.2 Å².